The maximum atomic E-state index is 13.4. The van der Waals surface area contributed by atoms with Crippen LogP contribution in [0.15, 0.2) is 66.9 Å². The molecule has 0 spiro atoms. The molecule has 0 bridgehead atoms. The van der Waals surface area contributed by atoms with E-state index in [0.29, 0.717) is 32.4 Å². The molecule has 4 N–H and O–H groups in total. The summed E-state index contributed by atoms with van der Waals surface area (Å²) in [6.07, 6.45) is 0.780. The Kier molecular flexibility index (Phi) is 8.23. The van der Waals surface area contributed by atoms with Crippen LogP contribution in [0, 0.1) is 0 Å². The van der Waals surface area contributed by atoms with Crippen LogP contribution in [0.25, 0.3) is 0 Å². The van der Waals surface area contributed by atoms with Gasteiger partial charge in [0.1, 0.15) is 0 Å². The van der Waals surface area contributed by atoms with Gasteiger partial charge >= 0.3 is 0 Å². The van der Waals surface area contributed by atoms with E-state index >= 15 is 0 Å². The summed E-state index contributed by atoms with van der Waals surface area (Å²) >= 11 is 12.5. The molecular weight excluding hydrogens is 505 g/mol. The molecule has 1 aromatic heterocycles. The van der Waals surface area contributed by atoms with Gasteiger partial charge in [-0.15, -0.1) is 0 Å². The lowest BCUT2D eigenvalue weighted by Crippen LogP contribution is -2.54. The third-order valence-electron chi connectivity index (χ3n) is 6.23. The van der Waals surface area contributed by atoms with E-state index in [-0.39, 0.29) is 25.7 Å². The van der Waals surface area contributed by atoms with Gasteiger partial charge in [-0.2, -0.15) is 0 Å². The van der Waals surface area contributed by atoms with Crippen LogP contribution in [-0.4, -0.2) is 57.3 Å². The Labute approximate surface area is 218 Å². The molecule has 1 fully saturated rings. The minimum atomic E-state index is -0.878. The average Bonchev–Trinajstić information content (AvgIpc) is 3.30. The maximum Gasteiger partial charge on any atom is 0.255 e. The number of hydrogen-bond donors (Lipinski definition) is 3. The third kappa shape index (κ3) is 5.23. The molecule has 188 valence electrons. The summed E-state index contributed by atoms with van der Waals surface area (Å²) in [4.78, 5) is 31.3. The van der Waals surface area contributed by atoms with Crippen molar-refractivity contribution in [3.8, 4) is 0 Å². The molecule has 5 rings (SSSR count). The van der Waals surface area contributed by atoms with Gasteiger partial charge < -0.3 is 25.6 Å². The summed E-state index contributed by atoms with van der Waals surface area (Å²) in [6.45, 7) is 0.293. The van der Waals surface area contributed by atoms with Gasteiger partial charge in [-0.05, 0) is 41.5 Å². The second-order valence-corrected chi connectivity index (χ2v) is 9.29. The minimum absolute atomic E-state index is 0.0286. The summed E-state index contributed by atoms with van der Waals surface area (Å²) in [6, 6.07) is 15.8. The zero-order chi connectivity index (χ0) is 25.8. The molecule has 36 heavy (non-hydrogen) atoms. The first-order valence-corrected chi connectivity index (χ1v) is 12.0. The number of carbonyl (C=O) groups excluding carboxylic acids is 2. The number of primary amides is 1. The lowest BCUT2D eigenvalue weighted by molar-refractivity contribution is -0.121. The summed E-state index contributed by atoms with van der Waals surface area (Å²) < 4.78 is 5.37. The molecule has 8 nitrogen and oxygen atoms in total. The number of aliphatic hydroxyl groups excluding tert-OH is 2. The van der Waals surface area contributed by atoms with Gasteiger partial charge in [0.05, 0.1) is 49.6 Å². The molecule has 10 heteroatoms. The van der Waals surface area contributed by atoms with Crippen molar-refractivity contribution >= 4 is 35.0 Å². The molecule has 2 amide bonds. The Morgan fingerprint density at radius 1 is 1.08 bits per heavy atom. The van der Waals surface area contributed by atoms with Crippen molar-refractivity contribution < 1.29 is 24.5 Å². The van der Waals surface area contributed by atoms with Crippen LogP contribution < -0.4 is 5.73 Å². The molecule has 4 atom stereocenters. The fourth-order valence-electron chi connectivity index (χ4n) is 4.58. The second kappa shape index (κ2) is 11.4. The summed E-state index contributed by atoms with van der Waals surface area (Å²) in [5.74, 6) is -1.73. The summed E-state index contributed by atoms with van der Waals surface area (Å²) in [5, 5.41) is 19.6. The SMILES string of the molecule is NC(=O)C1c2ccccc2C(=O)N(C2COCC2O)C1c1ccc(Cl)cc1Cl.OCc1ccccn1. The molecule has 4 unspecified atom stereocenters. The highest BCUT2D eigenvalue weighted by molar-refractivity contribution is 6.35. The third-order valence-corrected chi connectivity index (χ3v) is 6.79. The highest BCUT2D eigenvalue weighted by Gasteiger charge is 2.49. The van der Waals surface area contributed by atoms with Gasteiger partial charge in [0, 0.05) is 21.8 Å². The molecule has 0 aliphatic carbocycles. The summed E-state index contributed by atoms with van der Waals surface area (Å²) in [7, 11) is 0. The Morgan fingerprint density at radius 3 is 2.42 bits per heavy atom. The van der Waals surface area contributed by atoms with Crippen LogP contribution in [0.1, 0.15) is 39.1 Å². The number of amides is 2. The molecule has 3 aromatic rings. The van der Waals surface area contributed by atoms with Gasteiger partial charge in [-0.25, -0.2) is 0 Å². The standard InChI is InChI=1S/C20H18Cl2N2O4.C6H7NO/c21-10-5-6-13(14(22)7-10)18-17(19(23)26)11-3-1-2-4-12(11)20(27)24(18)15-8-28-9-16(15)25;8-5-6-3-1-2-4-7-6/h1-7,15-18,25H,8-9H2,(H2,23,26);1-4,8H,5H2. The van der Waals surface area contributed by atoms with Crippen molar-refractivity contribution in [3.05, 3.63) is 99.3 Å². The fourth-order valence-corrected chi connectivity index (χ4v) is 5.10. The smallest absolute Gasteiger partial charge is 0.255 e. The zero-order valence-corrected chi connectivity index (χ0v) is 20.6. The molecule has 0 saturated carbocycles. The van der Waals surface area contributed by atoms with Crippen molar-refractivity contribution in [2.45, 2.75) is 30.7 Å². The molecule has 2 aromatic carbocycles. The number of fused-ring (bicyclic) bond motifs is 1. The predicted octanol–water partition coefficient (Wildman–Crippen LogP) is 3.09. The normalized spacial score (nSPS) is 23.0. The van der Waals surface area contributed by atoms with E-state index in [1.807, 2.05) is 12.1 Å². The number of nitrogens with two attached hydrogens (primary N) is 1. The predicted molar refractivity (Wildman–Crippen MR) is 135 cm³/mol. The Balaban J connectivity index is 0.000000325. The number of aliphatic hydroxyl groups is 2. The number of ether oxygens (including phenoxy) is 1. The lowest BCUT2D eigenvalue weighted by atomic mass is 9.78. The average molecular weight is 530 g/mol. The van der Waals surface area contributed by atoms with Gasteiger partial charge in [0.25, 0.3) is 5.91 Å². The van der Waals surface area contributed by atoms with E-state index in [4.69, 9.17) is 38.8 Å². The van der Waals surface area contributed by atoms with Crippen molar-refractivity contribution in [2.24, 2.45) is 5.73 Å². The molecular formula is C26H25Cl2N3O5. The Hall–Kier alpha value is -3.01. The number of hydrogen-bond acceptors (Lipinski definition) is 6. The number of halogens is 2. The van der Waals surface area contributed by atoms with E-state index < -0.39 is 30.0 Å². The van der Waals surface area contributed by atoms with E-state index in [1.165, 1.54) is 4.90 Å². The molecule has 0 radical (unpaired) electrons. The van der Waals surface area contributed by atoms with Crippen molar-refractivity contribution in [1.29, 1.82) is 0 Å². The molecule has 2 aliphatic heterocycles. The Morgan fingerprint density at radius 2 is 1.83 bits per heavy atom. The maximum absolute atomic E-state index is 13.4. The monoisotopic (exact) mass is 529 g/mol. The topological polar surface area (TPSA) is 126 Å². The number of nitrogens with zero attached hydrogens (tertiary/aromatic N) is 2. The van der Waals surface area contributed by atoms with Crippen LogP contribution in [0.4, 0.5) is 0 Å². The molecule has 1 saturated heterocycles. The first-order valence-electron chi connectivity index (χ1n) is 11.3. The van der Waals surface area contributed by atoms with Crippen LogP contribution >= 0.6 is 23.2 Å². The Bertz CT molecular complexity index is 1240. The highest BCUT2D eigenvalue weighted by Crippen LogP contribution is 2.46. The first kappa shape index (κ1) is 26.1. The van der Waals surface area contributed by atoms with Crippen LogP contribution in [0.5, 0.6) is 0 Å². The van der Waals surface area contributed by atoms with E-state index in [9.17, 15) is 14.7 Å². The van der Waals surface area contributed by atoms with E-state index in [1.54, 1.807) is 54.7 Å². The lowest BCUT2D eigenvalue weighted by Gasteiger charge is -2.44. The summed E-state index contributed by atoms with van der Waals surface area (Å²) in [5.41, 5.74) is 7.97. The second-order valence-electron chi connectivity index (χ2n) is 8.44. The van der Waals surface area contributed by atoms with Gasteiger partial charge in [-0.1, -0.05) is 53.5 Å². The number of benzene rings is 2. The van der Waals surface area contributed by atoms with E-state index in [2.05, 4.69) is 4.98 Å². The van der Waals surface area contributed by atoms with Gasteiger partial charge in [0.15, 0.2) is 0 Å². The van der Waals surface area contributed by atoms with Crippen LogP contribution in [0.2, 0.25) is 10.0 Å². The number of carbonyl (C=O) groups is 2. The minimum Gasteiger partial charge on any atom is -0.390 e. The molecule has 2 aliphatic rings. The van der Waals surface area contributed by atoms with Crippen molar-refractivity contribution in [1.82, 2.24) is 9.88 Å². The van der Waals surface area contributed by atoms with Gasteiger partial charge in [-0.3, -0.25) is 14.6 Å². The van der Waals surface area contributed by atoms with Crippen molar-refractivity contribution in [3.63, 3.8) is 0 Å². The highest BCUT2D eigenvalue weighted by atomic mass is 35.5. The quantitative estimate of drug-likeness (QED) is 0.476. The molecule has 3 heterocycles. The zero-order valence-electron chi connectivity index (χ0n) is 19.1. The first-order chi connectivity index (χ1) is 17.3. The fraction of sp³-hybridized carbons (Fsp3) is 0.269. The number of rotatable bonds is 4. The largest absolute Gasteiger partial charge is 0.390 e. The number of pyridine rings is 1. The van der Waals surface area contributed by atoms with Gasteiger partial charge in [0.2, 0.25) is 5.91 Å². The van der Waals surface area contributed by atoms with Crippen molar-refractivity contribution in [2.75, 3.05) is 13.2 Å². The van der Waals surface area contributed by atoms with Crippen LogP contribution in [0.3, 0.4) is 0 Å². The number of aromatic nitrogens is 1. The van der Waals surface area contributed by atoms with E-state index in [0.717, 1.165) is 0 Å². The van der Waals surface area contributed by atoms with Crippen LogP contribution in [-0.2, 0) is 16.1 Å².